The fourth-order valence-corrected chi connectivity index (χ4v) is 3.48. The average molecular weight is 270 g/mol. The van der Waals surface area contributed by atoms with Crippen molar-refractivity contribution in [2.24, 2.45) is 0 Å². The monoisotopic (exact) mass is 270 g/mol. The number of hydrogen-bond donors (Lipinski definition) is 0. The van der Waals surface area contributed by atoms with E-state index in [-0.39, 0.29) is 6.04 Å². The molecule has 2 rings (SSSR count). The van der Waals surface area contributed by atoms with Gasteiger partial charge in [-0.2, -0.15) is 17.0 Å². The van der Waals surface area contributed by atoms with Crippen molar-refractivity contribution < 1.29 is 8.42 Å². The Labute approximate surface area is 108 Å². The van der Waals surface area contributed by atoms with Crippen molar-refractivity contribution in [2.45, 2.75) is 25.3 Å². The third-order valence-corrected chi connectivity index (χ3v) is 5.09. The molecule has 18 heavy (non-hydrogen) atoms. The van der Waals surface area contributed by atoms with Crippen molar-refractivity contribution >= 4 is 10.2 Å². The van der Waals surface area contributed by atoms with Gasteiger partial charge in [0.1, 0.15) is 0 Å². The second-order valence-electron chi connectivity index (χ2n) is 4.54. The molecule has 2 heterocycles. The summed E-state index contributed by atoms with van der Waals surface area (Å²) in [4.78, 5) is 8.26. The minimum atomic E-state index is -3.40. The first-order chi connectivity index (χ1) is 8.53. The highest BCUT2D eigenvalue weighted by Gasteiger charge is 2.35. The van der Waals surface area contributed by atoms with Crippen molar-refractivity contribution in [2.75, 3.05) is 20.6 Å². The van der Waals surface area contributed by atoms with Gasteiger partial charge in [-0.15, -0.1) is 0 Å². The lowest BCUT2D eigenvalue weighted by Gasteiger charge is -2.35. The van der Waals surface area contributed by atoms with Crippen LogP contribution in [-0.4, -0.2) is 47.6 Å². The van der Waals surface area contributed by atoms with Gasteiger partial charge in [-0.05, 0) is 12.8 Å². The molecule has 1 fully saturated rings. The number of aromatic nitrogens is 2. The van der Waals surface area contributed by atoms with E-state index in [9.17, 15) is 8.42 Å². The zero-order chi connectivity index (χ0) is 13.2. The molecule has 0 saturated carbocycles. The van der Waals surface area contributed by atoms with Crippen molar-refractivity contribution in [3.63, 3.8) is 0 Å². The minimum absolute atomic E-state index is 0.195. The zero-order valence-corrected chi connectivity index (χ0v) is 11.5. The maximum atomic E-state index is 12.3. The molecule has 0 aromatic carbocycles. The van der Waals surface area contributed by atoms with Crippen molar-refractivity contribution in [3.8, 4) is 0 Å². The zero-order valence-electron chi connectivity index (χ0n) is 10.7. The summed E-state index contributed by atoms with van der Waals surface area (Å²) in [5.74, 6) is 0. The second-order valence-corrected chi connectivity index (χ2v) is 6.64. The van der Waals surface area contributed by atoms with E-state index >= 15 is 0 Å². The summed E-state index contributed by atoms with van der Waals surface area (Å²) in [6.45, 7) is 0.543. The van der Waals surface area contributed by atoms with Crippen LogP contribution in [-0.2, 0) is 10.2 Å². The Morgan fingerprint density at radius 2 is 2.11 bits per heavy atom. The van der Waals surface area contributed by atoms with E-state index in [0.29, 0.717) is 6.54 Å². The lowest BCUT2D eigenvalue weighted by molar-refractivity contribution is 0.238. The molecular weight excluding hydrogens is 252 g/mol. The van der Waals surface area contributed by atoms with Gasteiger partial charge in [-0.3, -0.25) is 9.97 Å². The SMILES string of the molecule is CN(C)S(=O)(=O)N1CCCC[C@H]1c1cnccn1. The van der Waals surface area contributed by atoms with Crippen LogP contribution in [0.3, 0.4) is 0 Å². The van der Waals surface area contributed by atoms with Gasteiger partial charge in [0.05, 0.1) is 17.9 Å². The lowest BCUT2D eigenvalue weighted by Crippen LogP contribution is -2.44. The molecule has 1 aliphatic rings. The fourth-order valence-electron chi connectivity index (χ4n) is 2.17. The molecule has 0 N–H and O–H groups in total. The van der Waals surface area contributed by atoms with Crippen LogP contribution in [0, 0.1) is 0 Å². The Morgan fingerprint density at radius 1 is 1.33 bits per heavy atom. The van der Waals surface area contributed by atoms with E-state index in [1.165, 1.54) is 8.61 Å². The first-order valence-corrected chi connectivity index (χ1v) is 7.38. The Kier molecular flexibility index (Phi) is 3.94. The first-order valence-electron chi connectivity index (χ1n) is 5.98. The van der Waals surface area contributed by atoms with Gasteiger partial charge < -0.3 is 0 Å². The molecule has 0 unspecified atom stereocenters. The summed E-state index contributed by atoms with van der Waals surface area (Å²) >= 11 is 0. The number of piperidine rings is 1. The van der Waals surface area contributed by atoms with Crippen LogP contribution in [0.2, 0.25) is 0 Å². The Balaban J connectivity index is 2.33. The van der Waals surface area contributed by atoms with Crippen molar-refractivity contribution in [1.29, 1.82) is 0 Å². The normalized spacial score (nSPS) is 22.3. The molecule has 0 aliphatic carbocycles. The average Bonchev–Trinajstić information content (AvgIpc) is 2.39. The van der Waals surface area contributed by atoms with Crippen molar-refractivity contribution in [3.05, 3.63) is 24.3 Å². The van der Waals surface area contributed by atoms with Crippen LogP contribution in [0.25, 0.3) is 0 Å². The third kappa shape index (κ3) is 2.52. The number of rotatable bonds is 3. The second kappa shape index (κ2) is 5.29. The predicted octanol–water partition coefficient (Wildman–Crippen LogP) is 0.810. The molecule has 1 aliphatic heterocycles. The molecular formula is C11H18N4O2S. The fraction of sp³-hybridized carbons (Fsp3) is 0.636. The highest BCUT2D eigenvalue weighted by molar-refractivity contribution is 7.86. The molecule has 7 heteroatoms. The van der Waals surface area contributed by atoms with E-state index in [1.807, 2.05) is 0 Å². The molecule has 1 aromatic rings. The highest BCUT2D eigenvalue weighted by atomic mass is 32.2. The van der Waals surface area contributed by atoms with E-state index in [0.717, 1.165) is 25.0 Å². The van der Waals surface area contributed by atoms with E-state index < -0.39 is 10.2 Å². The van der Waals surface area contributed by atoms with Gasteiger partial charge in [0, 0.05) is 33.0 Å². The molecule has 100 valence electrons. The molecule has 0 radical (unpaired) electrons. The predicted molar refractivity (Wildman–Crippen MR) is 67.9 cm³/mol. The smallest absolute Gasteiger partial charge is 0.261 e. The number of hydrogen-bond acceptors (Lipinski definition) is 4. The molecule has 1 atom stereocenters. The van der Waals surface area contributed by atoms with Gasteiger partial charge in [0.25, 0.3) is 10.2 Å². The van der Waals surface area contributed by atoms with Crippen LogP contribution < -0.4 is 0 Å². The van der Waals surface area contributed by atoms with Gasteiger partial charge in [0.2, 0.25) is 0 Å². The van der Waals surface area contributed by atoms with Crippen LogP contribution >= 0.6 is 0 Å². The quantitative estimate of drug-likeness (QED) is 0.815. The maximum Gasteiger partial charge on any atom is 0.282 e. The van der Waals surface area contributed by atoms with Crippen molar-refractivity contribution in [1.82, 2.24) is 18.6 Å². The van der Waals surface area contributed by atoms with E-state index in [4.69, 9.17) is 0 Å². The molecule has 0 bridgehead atoms. The molecule has 1 saturated heterocycles. The summed E-state index contributed by atoms with van der Waals surface area (Å²) < 4.78 is 27.3. The Morgan fingerprint density at radius 3 is 2.72 bits per heavy atom. The lowest BCUT2D eigenvalue weighted by atomic mass is 10.0. The van der Waals surface area contributed by atoms with Crippen LogP contribution in [0.1, 0.15) is 31.0 Å². The molecule has 1 aromatic heterocycles. The van der Waals surface area contributed by atoms with Crippen LogP contribution in [0.5, 0.6) is 0 Å². The Hall–Kier alpha value is -1.05. The summed E-state index contributed by atoms with van der Waals surface area (Å²) in [6.07, 6.45) is 7.55. The largest absolute Gasteiger partial charge is 0.282 e. The maximum absolute atomic E-state index is 12.3. The van der Waals surface area contributed by atoms with Gasteiger partial charge in [-0.25, -0.2) is 0 Å². The summed E-state index contributed by atoms with van der Waals surface area (Å²) in [7, 11) is -0.292. The third-order valence-electron chi connectivity index (χ3n) is 3.14. The summed E-state index contributed by atoms with van der Waals surface area (Å²) in [5.41, 5.74) is 0.725. The van der Waals surface area contributed by atoms with Gasteiger partial charge in [-0.1, -0.05) is 6.42 Å². The highest BCUT2D eigenvalue weighted by Crippen LogP contribution is 2.32. The molecule has 0 spiro atoms. The Bertz CT molecular complexity index is 489. The standard InChI is InChI=1S/C11H18N4O2S/c1-14(2)18(16,17)15-8-4-3-5-11(15)10-9-12-6-7-13-10/h6-7,9,11H,3-5,8H2,1-2H3/t11-/m0/s1. The van der Waals surface area contributed by atoms with E-state index in [1.54, 1.807) is 32.7 Å². The topological polar surface area (TPSA) is 66.4 Å². The minimum Gasteiger partial charge on any atom is -0.261 e. The molecule has 0 amide bonds. The number of nitrogens with zero attached hydrogens (tertiary/aromatic N) is 4. The summed E-state index contributed by atoms with van der Waals surface area (Å²) in [6, 6.07) is -0.195. The molecule has 6 nitrogen and oxygen atoms in total. The van der Waals surface area contributed by atoms with Crippen LogP contribution in [0.4, 0.5) is 0 Å². The van der Waals surface area contributed by atoms with E-state index in [2.05, 4.69) is 9.97 Å². The van der Waals surface area contributed by atoms with Gasteiger partial charge >= 0.3 is 0 Å². The van der Waals surface area contributed by atoms with Gasteiger partial charge in [0.15, 0.2) is 0 Å². The van der Waals surface area contributed by atoms with Crippen LogP contribution in [0.15, 0.2) is 18.6 Å². The first kappa shape index (κ1) is 13.4. The summed E-state index contributed by atoms with van der Waals surface area (Å²) in [5, 5.41) is 0.